The fraction of sp³-hybridized carbons (Fsp3) is 0.125. The largest absolute Gasteiger partial charge is 0.389 e. The van der Waals surface area contributed by atoms with Crippen LogP contribution in [0.2, 0.25) is 0 Å². The van der Waals surface area contributed by atoms with Gasteiger partial charge in [0.25, 0.3) is 5.69 Å². The first kappa shape index (κ1) is 14.0. The summed E-state index contributed by atoms with van der Waals surface area (Å²) in [5.74, 6) is 0. The van der Waals surface area contributed by atoms with E-state index in [1.165, 1.54) is 12.1 Å². The molecule has 0 radical (unpaired) electrons. The molecule has 2 rings (SSSR count). The average molecular weight is 269 g/mol. The molecule has 0 amide bonds. The normalized spacial score (nSPS) is 13.0. The number of nitro groups is 1. The lowest BCUT2D eigenvalue weighted by Crippen LogP contribution is -2.04. The van der Waals surface area contributed by atoms with Gasteiger partial charge in [-0.25, -0.2) is 0 Å². The number of nitro benzene ring substituents is 1. The quantitative estimate of drug-likeness (QED) is 0.524. The maximum atomic E-state index is 10.8. The number of non-ortho nitro benzene ring substituents is 1. The Labute approximate surface area is 117 Å². The highest BCUT2D eigenvalue weighted by Gasteiger charge is 2.12. The van der Waals surface area contributed by atoms with Gasteiger partial charge in [0.15, 0.2) is 0 Å². The average Bonchev–Trinajstić information content (AvgIpc) is 2.45. The van der Waals surface area contributed by atoms with Crippen molar-refractivity contribution in [2.24, 2.45) is 0 Å². The van der Waals surface area contributed by atoms with Crippen LogP contribution in [0, 0.1) is 10.1 Å². The number of nitrogens with zero attached hydrogens (tertiary/aromatic N) is 1. The van der Waals surface area contributed by atoms with Crippen molar-refractivity contribution in [3.05, 3.63) is 75.8 Å². The molecule has 0 aromatic heterocycles. The minimum atomic E-state index is -0.711. The van der Waals surface area contributed by atoms with Gasteiger partial charge >= 0.3 is 0 Å². The first-order valence-electron chi connectivity index (χ1n) is 6.27. The van der Waals surface area contributed by atoms with Gasteiger partial charge in [-0.3, -0.25) is 10.1 Å². The molecule has 0 aliphatic carbocycles. The standard InChI is InChI=1S/C16H15NO3/c1-12(18)16(10-13-6-3-2-4-7-13)14-8-5-9-15(11-14)17(19)20/h2-12,18H,1H3/b16-10-. The van der Waals surface area contributed by atoms with Crippen molar-refractivity contribution in [3.63, 3.8) is 0 Å². The predicted molar refractivity (Wildman–Crippen MR) is 79.1 cm³/mol. The smallest absolute Gasteiger partial charge is 0.270 e. The summed E-state index contributed by atoms with van der Waals surface area (Å²) < 4.78 is 0. The molecular formula is C16H15NO3. The predicted octanol–water partition coefficient (Wildman–Crippen LogP) is 3.52. The molecule has 0 aliphatic heterocycles. The van der Waals surface area contributed by atoms with E-state index in [1.807, 2.05) is 36.4 Å². The van der Waals surface area contributed by atoms with E-state index in [4.69, 9.17) is 0 Å². The summed E-state index contributed by atoms with van der Waals surface area (Å²) in [5.41, 5.74) is 2.26. The highest BCUT2D eigenvalue weighted by Crippen LogP contribution is 2.25. The first-order chi connectivity index (χ1) is 9.58. The third kappa shape index (κ3) is 3.30. The second-order valence-corrected chi connectivity index (χ2v) is 4.49. The summed E-state index contributed by atoms with van der Waals surface area (Å²) in [7, 11) is 0. The van der Waals surface area contributed by atoms with E-state index >= 15 is 0 Å². The lowest BCUT2D eigenvalue weighted by Gasteiger charge is -2.11. The fourth-order valence-electron chi connectivity index (χ4n) is 1.97. The van der Waals surface area contributed by atoms with Crippen LogP contribution in [-0.2, 0) is 0 Å². The van der Waals surface area contributed by atoms with Gasteiger partial charge in [0.05, 0.1) is 11.0 Å². The van der Waals surface area contributed by atoms with Crippen molar-refractivity contribution in [1.29, 1.82) is 0 Å². The van der Waals surface area contributed by atoms with Crippen LogP contribution in [0.5, 0.6) is 0 Å². The monoisotopic (exact) mass is 269 g/mol. The van der Waals surface area contributed by atoms with E-state index in [0.717, 1.165) is 5.56 Å². The Kier molecular flexibility index (Phi) is 4.27. The molecule has 2 aromatic carbocycles. The van der Waals surface area contributed by atoms with Crippen LogP contribution < -0.4 is 0 Å². The van der Waals surface area contributed by atoms with Gasteiger partial charge in [-0.05, 0) is 29.7 Å². The third-order valence-electron chi connectivity index (χ3n) is 2.96. The first-order valence-corrected chi connectivity index (χ1v) is 6.27. The Morgan fingerprint density at radius 3 is 2.50 bits per heavy atom. The van der Waals surface area contributed by atoms with Gasteiger partial charge < -0.3 is 5.11 Å². The summed E-state index contributed by atoms with van der Waals surface area (Å²) in [4.78, 5) is 10.4. The molecule has 2 aromatic rings. The number of hydrogen-bond acceptors (Lipinski definition) is 3. The molecular weight excluding hydrogens is 254 g/mol. The van der Waals surface area contributed by atoms with Crippen LogP contribution in [0.3, 0.4) is 0 Å². The molecule has 1 N–H and O–H groups in total. The van der Waals surface area contributed by atoms with Crippen LogP contribution in [0.4, 0.5) is 5.69 Å². The molecule has 1 unspecified atom stereocenters. The summed E-state index contributed by atoms with van der Waals surface area (Å²) in [5, 5.41) is 20.7. The number of hydrogen-bond donors (Lipinski definition) is 1. The zero-order valence-corrected chi connectivity index (χ0v) is 11.1. The van der Waals surface area contributed by atoms with E-state index < -0.39 is 11.0 Å². The van der Waals surface area contributed by atoms with Crippen molar-refractivity contribution < 1.29 is 10.0 Å². The Morgan fingerprint density at radius 1 is 1.20 bits per heavy atom. The van der Waals surface area contributed by atoms with Crippen molar-refractivity contribution in [1.82, 2.24) is 0 Å². The molecule has 0 fully saturated rings. The van der Waals surface area contributed by atoms with E-state index in [1.54, 1.807) is 19.1 Å². The molecule has 0 saturated carbocycles. The summed E-state index contributed by atoms with van der Waals surface area (Å²) in [6, 6.07) is 15.8. The molecule has 0 saturated heterocycles. The van der Waals surface area contributed by atoms with E-state index in [0.29, 0.717) is 11.1 Å². The minimum absolute atomic E-state index is 0.0158. The zero-order chi connectivity index (χ0) is 14.5. The minimum Gasteiger partial charge on any atom is -0.389 e. The van der Waals surface area contributed by atoms with Crippen molar-refractivity contribution in [2.45, 2.75) is 13.0 Å². The lowest BCUT2D eigenvalue weighted by atomic mass is 9.98. The van der Waals surface area contributed by atoms with E-state index in [9.17, 15) is 15.2 Å². The number of rotatable bonds is 4. The van der Waals surface area contributed by atoms with Crippen molar-refractivity contribution in [2.75, 3.05) is 0 Å². The van der Waals surface area contributed by atoms with Gasteiger partial charge in [-0.1, -0.05) is 42.5 Å². The number of aliphatic hydroxyl groups is 1. The maximum Gasteiger partial charge on any atom is 0.270 e. The van der Waals surface area contributed by atoms with Gasteiger partial charge in [0, 0.05) is 12.1 Å². The second-order valence-electron chi connectivity index (χ2n) is 4.49. The summed E-state index contributed by atoms with van der Waals surface area (Å²) in [6.45, 7) is 1.65. The van der Waals surface area contributed by atoms with Gasteiger partial charge in [-0.15, -0.1) is 0 Å². The number of benzene rings is 2. The van der Waals surface area contributed by atoms with Crippen LogP contribution in [0.15, 0.2) is 54.6 Å². The summed E-state index contributed by atoms with van der Waals surface area (Å²) in [6.07, 6.45) is 1.13. The SMILES string of the molecule is CC(O)/C(=C/c1ccccc1)c1cccc([N+](=O)[O-])c1. The van der Waals surface area contributed by atoms with Crippen molar-refractivity contribution >= 4 is 17.3 Å². The second kappa shape index (κ2) is 6.12. The van der Waals surface area contributed by atoms with Crippen LogP contribution >= 0.6 is 0 Å². The van der Waals surface area contributed by atoms with Crippen LogP contribution in [0.1, 0.15) is 18.1 Å². The van der Waals surface area contributed by atoms with Crippen LogP contribution in [-0.4, -0.2) is 16.1 Å². The molecule has 0 spiro atoms. The Morgan fingerprint density at radius 2 is 1.90 bits per heavy atom. The van der Waals surface area contributed by atoms with Gasteiger partial charge in [0.1, 0.15) is 0 Å². The molecule has 4 heteroatoms. The van der Waals surface area contributed by atoms with E-state index in [2.05, 4.69) is 0 Å². The Hall–Kier alpha value is -2.46. The molecule has 0 heterocycles. The molecule has 102 valence electrons. The summed E-state index contributed by atoms with van der Waals surface area (Å²) >= 11 is 0. The Balaban J connectivity index is 2.47. The van der Waals surface area contributed by atoms with Crippen molar-refractivity contribution in [3.8, 4) is 0 Å². The highest BCUT2D eigenvalue weighted by atomic mass is 16.6. The Bertz CT molecular complexity index is 633. The topological polar surface area (TPSA) is 63.4 Å². The molecule has 0 aliphatic rings. The zero-order valence-electron chi connectivity index (χ0n) is 11.1. The van der Waals surface area contributed by atoms with Crippen LogP contribution in [0.25, 0.3) is 11.6 Å². The van der Waals surface area contributed by atoms with E-state index in [-0.39, 0.29) is 5.69 Å². The molecule has 1 atom stereocenters. The molecule has 0 bridgehead atoms. The fourth-order valence-corrected chi connectivity index (χ4v) is 1.97. The lowest BCUT2D eigenvalue weighted by molar-refractivity contribution is -0.384. The van der Waals surface area contributed by atoms with Gasteiger partial charge in [0.2, 0.25) is 0 Å². The number of aliphatic hydroxyl groups excluding tert-OH is 1. The molecule has 4 nitrogen and oxygen atoms in total. The highest BCUT2D eigenvalue weighted by molar-refractivity contribution is 5.84. The van der Waals surface area contributed by atoms with Gasteiger partial charge in [-0.2, -0.15) is 0 Å². The third-order valence-corrected chi connectivity index (χ3v) is 2.96. The molecule has 20 heavy (non-hydrogen) atoms. The maximum absolute atomic E-state index is 10.8.